The normalized spacial score (nSPS) is 10.2. The number of carbonyl (C=O) groups is 2. The number of aryl methyl sites for hydroxylation is 1. The van der Waals surface area contributed by atoms with Crippen molar-refractivity contribution in [3.05, 3.63) is 63.9 Å². The molecule has 0 heterocycles. The zero-order chi connectivity index (χ0) is 15.6. The molecule has 0 atom stereocenters. The zero-order valence-electron chi connectivity index (χ0n) is 11.0. The van der Waals surface area contributed by atoms with Crippen LogP contribution in [0.5, 0.6) is 0 Å². The fraction of sp³-hybridized carbons (Fsp3) is 0.0667. The fourth-order valence-electron chi connectivity index (χ4n) is 1.78. The van der Waals surface area contributed by atoms with E-state index in [-0.39, 0.29) is 21.8 Å². The summed E-state index contributed by atoms with van der Waals surface area (Å²) in [4.78, 5) is 23.1. The first kappa shape index (κ1) is 15.0. The number of carbonyl (C=O) groups excluding carboxylic acids is 1. The molecule has 0 saturated heterocycles. The van der Waals surface area contributed by atoms with Gasteiger partial charge in [-0.15, -0.1) is 0 Å². The standard InChI is InChI=1S/C15H11ClFNO3/c1-8-2-4-10(17)7-11(8)14(19)18-13-6-9(15(20)21)3-5-12(13)16/h2-7H,1H3,(H,18,19)(H,20,21). The number of halogens is 2. The summed E-state index contributed by atoms with van der Waals surface area (Å²) < 4.78 is 13.2. The van der Waals surface area contributed by atoms with Crippen molar-refractivity contribution in [1.29, 1.82) is 0 Å². The Balaban J connectivity index is 2.33. The van der Waals surface area contributed by atoms with Gasteiger partial charge in [-0.05, 0) is 42.8 Å². The van der Waals surface area contributed by atoms with Crippen LogP contribution >= 0.6 is 11.6 Å². The zero-order valence-corrected chi connectivity index (χ0v) is 11.7. The number of benzene rings is 2. The van der Waals surface area contributed by atoms with Crippen LogP contribution in [-0.4, -0.2) is 17.0 Å². The van der Waals surface area contributed by atoms with E-state index in [9.17, 15) is 14.0 Å². The summed E-state index contributed by atoms with van der Waals surface area (Å²) in [5, 5.41) is 11.6. The molecular weight excluding hydrogens is 297 g/mol. The Morgan fingerprint density at radius 3 is 2.57 bits per heavy atom. The molecule has 21 heavy (non-hydrogen) atoms. The minimum atomic E-state index is -1.14. The van der Waals surface area contributed by atoms with Crippen LogP contribution in [-0.2, 0) is 0 Å². The first-order valence-corrected chi connectivity index (χ1v) is 6.36. The quantitative estimate of drug-likeness (QED) is 0.907. The number of carboxylic acids is 1. The van der Waals surface area contributed by atoms with Gasteiger partial charge in [-0.25, -0.2) is 9.18 Å². The van der Waals surface area contributed by atoms with Crippen LogP contribution in [0, 0.1) is 12.7 Å². The van der Waals surface area contributed by atoms with Gasteiger partial charge >= 0.3 is 5.97 Å². The molecule has 0 radical (unpaired) electrons. The first-order chi connectivity index (χ1) is 9.88. The molecule has 2 N–H and O–H groups in total. The lowest BCUT2D eigenvalue weighted by Gasteiger charge is -2.10. The van der Waals surface area contributed by atoms with E-state index in [0.29, 0.717) is 5.56 Å². The van der Waals surface area contributed by atoms with Crippen LogP contribution < -0.4 is 5.32 Å². The lowest BCUT2D eigenvalue weighted by atomic mass is 10.1. The van der Waals surface area contributed by atoms with E-state index in [1.165, 1.54) is 30.3 Å². The van der Waals surface area contributed by atoms with Crippen LogP contribution in [0.25, 0.3) is 0 Å². The number of anilines is 1. The summed E-state index contributed by atoms with van der Waals surface area (Å²) in [7, 11) is 0. The number of carboxylic acid groups (broad SMARTS) is 1. The average Bonchev–Trinajstić information content (AvgIpc) is 2.43. The van der Waals surface area contributed by atoms with Gasteiger partial charge < -0.3 is 10.4 Å². The average molecular weight is 308 g/mol. The Labute approximate surface area is 125 Å². The maximum atomic E-state index is 13.2. The van der Waals surface area contributed by atoms with Crippen molar-refractivity contribution < 1.29 is 19.1 Å². The molecule has 1 amide bonds. The highest BCUT2D eigenvalue weighted by atomic mass is 35.5. The van der Waals surface area contributed by atoms with E-state index >= 15 is 0 Å². The van der Waals surface area contributed by atoms with E-state index in [2.05, 4.69) is 5.32 Å². The molecule has 4 nitrogen and oxygen atoms in total. The third-order valence-corrected chi connectivity index (χ3v) is 3.24. The van der Waals surface area contributed by atoms with Crippen molar-refractivity contribution in [1.82, 2.24) is 0 Å². The van der Waals surface area contributed by atoms with Gasteiger partial charge in [-0.2, -0.15) is 0 Å². The van der Waals surface area contributed by atoms with Gasteiger partial charge in [-0.3, -0.25) is 4.79 Å². The summed E-state index contributed by atoms with van der Waals surface area (Å²) >= 11 is 5.92. The predicted octanol–water partition coefficient (Wildman–Crippen LogP) is 3.74. The van der Waals surface area contributed by atoms with Crippen molar-refractivity contribution in [2.75, 3.05) is 5.32 Å². The Hall–Kier alpha value is -2.40. The molecule has 0 unspecified atom stereocenters. The topological polar surface area (TPSA) is 66.4 Å². The van der Waals surface area contributed by atoms with Crippen molar-refractivity contribution in [2.24, 2.45) is 0 Å². The summed E-state index contributed by atoms with van der Waals surface area (Å²) in [5.41, 5.74) is 0.905. The largest absolute Gasteiger partial charge is 0.478 e. The molecule has 2 aromatic carbocycles. The summed E-state index contributed by atoms with van der Waals surface area (Å²) in [6.45, 7) is 1.67. The molecule has 0 aliphatic rings. The van der Waals surface area contributed by atoms with Gasteiger partial charge in [0.1, 0.15) is 5.82 Å². The van der Waals surface area contributed by atoms with Gasteiger partial charge in [0.05, 0.1) is 16.3 Å². The number of nitrogens with one attached hydrogen (secondary N) is 1. The molecule has 0 aromatic heterocycles. The number of hydrogen-bond donors (Lipinski definition) is 2. The maximum Gasteiger partial charge on any atom is 0.335 e. The number of hydrogen-bond acceptors (Lipinski definition) is 2. The highest BCUT2D eigenvalue weighted by Crippen LogP contribution is 2.24. The number of rotatable bonds is 3. The van der Waals surface area contributed by atoms with Crippen molar-refractivity contribution in [3.63, 3.8) is 0 Å². The Morgan fingerprint density at radius 2 is 1.90 bits per heavy atom. The van der Waals surface area contributed by atoms with Crippen molar-refractivity contribution in [3.8, 4) is 0 Å². The molecule has 0 aliphatic carbocycles. The highest BCUT2D eigenvalue weighted by molar-refractivity contribution is 6.34. The van der Waals surface area contributed by atoms with E-state index in [0.717, 1.165) is 6.07 Å². The molecule has 0 saturated carbocycles. The lowest BCUT2D eigenvalue weighted by Crippen LogP contribution is -2.14. The van der Waals surface area contributed by atoms with Gasteiger partial charge in [0.2, 0.25) is 0 Å². The smallest absolute Gasteiger partial charge is 0.335 e. The van der Waals surface area contributed by atoms with Gasteiger partial charge in [0, 0.05) is 5.56 Å². The van der Waals surface area contributed by atoms with Crippen LogP contribution in [0.3, 0.4) is 0 Å². The molecular formula is C15H11ClFNO3. The molecule has 2 rings (SSSR count). The molecule has 108 valence electrons. The third-order valence-electron chi connectivity index (χ3n) is 2.91. The lowest BCUT2D eigenvalue weighted by molar-refractivity contribution is 0.0696. The van der Waals surface area contributed by atoms with Crippen LogP contribution in [0.4, 0.5) is 10.1 Å². The molecule has 6 heteroatoms. The molecule has 0 aliphatic heterocycles. The monoisotopic (exact) mass is 307 g/mol. The number of amides is 1. The Bertz CT molecular complexity index is 731. The van der Waals surface area contributed by atoms with Crippen LogP contribution in [0.2, 0.25) is 5.02 Å². The van der Waals surface area contributed by atoms with E-state index in [4.69, 9.17) is 16.7 Å². The summed E-state index contributed by atoms with van der Waals surface area (Å²) in [6.07, 6.45) is 0. The SMILES string of the molecule is Cc1ccc(F)cc1C(=O)Nc1cc(C(=O)O)ccc1Cl. The van der Waals surface area contributed by atoms with Crippen molar-refractivity contribution in [2.45, 2.75) is 6.92 Å². The maximum absolute atomic E-state index is 13.2. The number of aromatic carboxylic acids is 1. The fourth-order valence-corrected chi connectivity index (χ4v) is 1.95. The predicted molar refractivity (Wildman–Crippen MR) is 77.5 cm³/mol. The van der Waals surface area contributed by atoms with Crippen LogP contribution in [0.1, 0.15) is 26.3 Å². The molecule has 0 fully saturated rings. The second-order valence-corrected chi connectivity index (χ2v) is 4.82. The molecule has 2 aromatic rings. The van der Waals surface area contributed by atoms with E-state index in [1.807, 2.05) is 0 Å². The van der Waals surface area contributed by atoms with Gasteiger partial charge in [0.15, 0.2) is 0 Å². The second-order valence-electron chi connectivity index (χ2n) is 4.41. The molecule has 0 bridgehead atoms. The van der Waals surface area contributed by atoms with E-state index in [1.54, 1.807) is 6.92 Å². The Morgan fingerprint density at radius 1 is 1.19 bits per heavy atom. The Kier molecular flexibility index (Phi) is 4.23. The minimum Gasteiger partial charge on any atom is -0.478 e. The van der Waals surface area contributed by atoms with Crippen molar-refractivity contribution >= 4 is 29.2 Å². The second kappa shape index (κ2) is 5.93. The first-order valence-electron chi connectivity index (χ1n) is 5.99. The van der Waals surface area contributed by atoms with Gasteiger partial charge in [0.25, 0.3) is 5.91 Å². The minimum absolute atomic E-state index is 0.00864. The highest BCUT2D eigenvalue weighted by Gasteiger charge is 2.14. The summed E-state index contributed by atoms with van der Waals surface area (Å²) in [5.74, 6) is -2.23. The van der Waals surface area contributed by atoms with Gasteiger partial charge in [-0.1, -0.05) is 17.7 Å². The molecule has 0 spiro atoms. The summed E-state index contributed by atoms with van der Waals surface area (Å²) in [6, 6.07) is 7.80. The third kappa shape index (κ3) is 3.38. The van der Waals surface area contributed by atoms with E-state index < -0.39 is 17.7 Å². The van der Waals surface area contributed by atoms with Crippen LogP contribution in [0.15, 0.2) is 36.4 Å².